The third-order valence-corrected chi connectivity index (χ3v) is 5.87. The van der Waals surface area contributed by atoms with Crippen LogP contribution in [0.3, 0.4) is 0 Å². The molecule has 2 aromatic heterocycles. The van der Waals surface area contributed by atoms with Crippen LogP contribution >= 0.6 is 11.3 Å². The van der Waals surface area contributed by atoms with Gasteiger partial charge < -0.3 is 20.3 Å². The minimum absolute atomic E-state index is 0.0124. The molecule has 0 spiro atoms. The van der Waals surface area contributed by atoms with E-state index >= 15 is 0 Å². The van der Waals surface area contributed by atoms with Crippen molar-refractivity contribution >= 4 is 29.0 Å². The summed E-state index contributed by atoms with van der Waals surface area (Å²) in [6, 6.07) is 3.59. The molecule has 164 valence electrons. The maximum absolute atomic E-state index is 12.6. The maximum atomic E-state index is 12.6. The van der Waals surface area contributed by atoms with E-state index in [4.69, 9.17) is 4.74 Å². The molecule has 1 saturated heterocycles. The van der Waals surface area contributed by atoms with Crippen LogP contribution in [0.1, 0.15) is 45.5 Å². The number of amides is 3. The second kappa shape index (κ2) is 9.18. The summed E-state index contributed by atoms with van der Waals surface area (Å²) in [6.45, 7) is 11.5. The molecule has 1 aliphatic heterocycles. The zero-order chi connectivity index (χ0) is 21.9. The first-order chi connectivity index (χ1) is 14.1. The molecule has 2 aromatic rings. The van der Waals surface area contributed by atoms with Crippen LogP contribution in [0.4, 0.5) is 10.5 Å². The van der Waals surface area contributed by atoms with Gasteiger partial charge in [-0.25, -0.2) is 4.79 Å². The summed E-state index contributed by atoms with van der Waals surface area (Å²) in [5, 5.41) is 12.1. The van der Waals surface area contributed by atoms with Gasteiger partial charge in [0.05, 0.1) is 30.1 Å². The Hall–Kier alpha value is -2.39. The molecule has 0 aromatic carbocycles. The van der Waals surface area contributed by atoms with Gasteiger partial charge in [-0.2, -0.15) is 5.10 Å². The number of ether oxygens (including phenoxy) is 1. The van der Waals surface area contributed by atoms with Crippen LogP contribution in [-0.2, 0) is 16.1 Å². The van der Waals surface area contributed by atoms with Crippen molar-refractivity contribution in [1.29, 1.82) is 0 Å². The number of rotatable bonds is 5. The van der Waals surface area contributed by atoms with Crippen LogP contribution in [-0.4, -0.2) is 51.9 Å². The van der Waals surface area contributed by atoms with E-state index in [0.717, 1.165) is 4.88 Å². The Balaban J connectivity index is 1.57. The number of urea groups is 1. The second-order valence-corrected chi connectivity index (χ2v) is 9.87. The lowest BCUT2D eigenvalue weighted by molar-refractivity contribution is -0.144. The van der Waals surface area contributed by atoms with Crippen LogP contribution in [0.5, 0.6) is 0 Å². The van der Waals surface area contributed by atoms with Gasteiger partial charge in [0.25, 0.3) is 0 Å². The quantitative estimate of drug-likeness (QED) is 0.755. The fraction of sp³-hybridized carbons (Fsp3) is 0.571. The number of nitrogens with one attached hydrogen (secondary N) is 2. The van der Waals surface area contributed by atoms with E-state index < -0.39 is 0 Å². The third-order valence-electron chi connectivity index (χ3n) is 4.93. The Labute approximate surface area is 181 Å². The Morgan fingerprint density at radius 2 is 2.00 bits per heavy atom. The van der Waals surface area contributed by atoms with E-state index in [9.17, 15) is 9.59 Å². The standard InChI is InChI=1S/C21H31N5O3S/c1-14-10-25(11-15(2)29-14)18(27)13-26-12-16(9-22-26)23-20(28)24-19(21(3,4)5)17-7-6-8-30-17/h6-9,12,14-15,19H,10-11,13H2,1-5H3,(H2,23,24,28)/t14-,15-,19+/m1/s1. The molecule has 3 atom stereocenters. The van der Waals surface area contributed by atoms with Crippen LogP contribution in [0.25, 0.3) is 0 Å². The van der Waals surface area contributed by atoms with Crippen molar-refractivity contribution < 1.29 is 14.3 Å². The van der Waals surface area contributed by atoms with E-state index in [-0.39, 0.29) is 42.1 Å². The lowest BCUT2D eigenvalue weighted by Gasteiger charge is -2.35. The summed E-state index contributed by atoms with van der Waals surface area (Å²) in [4.78, 5) is 28.1. The first-order valence-electron chi connectivity index (χ1n) is 10.2. The minimum Gasteiger partial charge on any atom is -0.372 e. The largest absolute Gasteiger partial charge is 0.372 e. The average Bonchev–Trinajstić information content (AvgIpc) is 3.30. The van der Waals surface area contributed by atoms with Gasteiger partial charge in [0, 0.05) is 24.2 Å². The van der Waals surface area contributed by atoms with Crippen molar-refractivity contribution in [3.63, 3.8) is 0 Å². The summed E-state index contributed by atoms with van der Waals surface area (Å²) >= 11 is 1.62. The Morgan fingerprint density at radius 3 is 2.60 bits per heavy atom. The van der Waals surface area contributed by atoms with E-state index in [2.05, 4.69) is 36.5 Å². The highest BCUT2D eigenvalue weighted by molar-refractivity contribution is 7.10. The lowest BCUT2D eigenvalue weighted by atomic mass is 9.86. The maximum Gasteiger partial charge on any atom is 0.319 e. The number of hydrogen-bond acceptors (Lipinski definition) is 5. The normalized spacial score (nSPS) is 20.6. The van der Waals surface area contributed by atoms with Gasteiger partial charge in [-0.1, -0.05) is 26.8 Å². The zero-order valence-electron chi connectivity index (χ0n) is 18.2. The van der Waals surface area contributed by atoms with E-state index in [1.54, 1.807) is 33.3 Å². The van der Waals surface area contributed by atoms with Crippen molar-refractivity contribution in [1.82, 2.24) is 20.0 Å². The number of carbonyl (C=O) groups is 2. The fourth-order valence-electron chi connectivity index (χ4n) is 3.60. The number of aromatic nitrogens is 2. The second-order valence-electron chi connectivity index (χ2n) is 8.90. The van der Waals surface area contributed by atoms with Crippen molar-refractivity contribution in [2.24, 2.45) is 5.41 Å². The predicted octanol–water partition coefficient (Wildman–Crippen LogP) is 3.49. The zero-order valence-corrected chi connectivity index (χ0v) is 19.0. The van der Waals surface area contributed by atoms with Gasteiger partial charge in [0.15, 0.2) is 0 Å². The average molecular weight is 434 g/mol. The van der Waals surface area contributed by atoms with Crippen LogP contribution < -0.4 is 10.6 Å². The van der Waals surface area contributed by atoms with Crippen molar-refractivity contribution in [2.45, 2.75) is 59.4 Å². The minimum atomic E-state index is -0.301. The highest BCUT2D eigenvalue weighted by Crippen LogP contribution is 2.35. The topological polar surface area (TPSA) is 88.5 Å². The van der Waals surface area contributed by atoms with Crippen molar-refractivity contribution in [3.05, 3.63) is 34.8 Å². The van der Waals surface area contributed by atoms with E-state index in [1.807, 2.05) is 31.4 Å². The molecule has 3 amide bonds. The molecule has 0 bridgehead atoms. The molecule has 0 radical (unpaired) electrons. The highest BCUT2D eigenvalue weighted by Gasteiger charge is 2.29. The molecule has 30 heavy (non-hydrogen) atoms. The molecule has 0 saturated carbocycles. The van der Waals surface area contributed by atoms with Crippen LogP contribution in [0, 0.1) is 5.41 Å². The van der Waals surface area contributed by atoms with Crippen LogP contribution in [0.15, 0.2) is 29.9 Å². The number of anilines is 1. The molecular weight excluding hydrogens is 402 g/mol. The fourth-order valence-corrected chi connectivity index (χ4v) is 4.62. The number of carbonyl (C=O) groups excluding carboxylic acids is 2. The molecule has 2 N–H and O–H groups in total. The van der Waals surface area contributed by atoms with E-state index in [1.165, 1.54) is 0 Å². The molecule has 8 nitrogen and oxygen atoms in total. The van der Waals surface area contributed by atoms with Crippen molar-refractivity contribution in [3.8, 4) is 0 Å². The third kappa shape index (κ3) is 5.82. The number of hydrogen-bond donors (Lipinski definition) is 2. The summed E-state index contributed by atoms with van der Waals surface area (Å²) in [7, 11) is 0. The molecule has 0 aliphatic carbocycles. The predicted molar refractivity (Wildman–Crippen MR) is 117 cm³/mol. The number of thiophene rings is 1. The van der Waals surface area contributed by atoms with E-state index in [0.29, 0.717) is 18.8 Å². The van der Waals surface area contributed by atoms with Crippen molar-refractivity contribution in [2.75, 3.05) is 18.4 Å². The summed E-state index contributed by atoms with van der Waals surface area (Å²) < 4.78 is 7.22. The van der Waals surface area contributed by atoms with Gasteiger partial charge >= 0.3 is 6.03 Å². The summed E-state index contributed by atoms with van der Waals surface area (Å²) in [5.41, 5.74) is 0.411. The summed E-state index contributed by atoms with van der Waals surface area (Å²) in [6.07, 6.45) is 3.27. The monoisotopic (exact) mass is 433 g/mol. The van der Waals surface area contributed by atoms with Gasteiger partial charge in [-0.3, -0.25) is 9.48 Å². The van der Waals surface area contributed by atoms with Gasteiger partial charge in [0.1, 0.15) is 6.54 Å². The molecule has 0 unspecified atom stereocenters. The first-order valence-corrected chi connectivity index (χ1v) is 11.1. The SMILES string of the molecule is C[C@@H]1CN(C(=O)Cn2cc(NC(=O)N[C@@H](c3cccs3)C(C)(C)C)cn2)C[C@@H](C)O1. The lowest BCUT2D eigenvalue weighted by Crippen LogP contribution is -2.49. The molecule has 1 aliphatic rings. The Bertz CT molecular complexity index is 848. The van der Waals surface area contributed by atoms with Crippen LogP contribution in [0.2, 0.25) is 0 Å². The van der Waals surface area contributed by atoms with Gasteiger partial charge in [-0.05, 0) is 30.7 Å². The molecule has 3 heterocycles. The van der Waals surface area contributed by atoms with Gasteiger partial charge in [-0.15, -0.1) is 11.3 Å². The van der Waals surface area contributed by atoms with Gasteiger partial charge in [0.2, 0.25) is 5.91 Å². The molecule has 9 heteroatoms. The smallest absolute Gasteiger partial charge is 0.319 e. The molecule has 3 rings (SSSR count). The molecular formula is C21H31N5O3S. The number of morpholine rings is 1. The Kier molecular flexibility index (Phi) is 6.82. The Morgan fingerprint density at radius 1 is 1.30 bits per heavy atom. The molecule has 1 fully saturated rings. The first kappa shape index (κ1) is 22.3. The summed E-state index contributed by atoms with van der Waals surface area (Å²) in [5.74, 6) is -0.0124. The highest BCUT2D eigenvalue weighted by atomic mass is 32.1. The number of nitrogens with zero attached hydrogens (tertiary/aromatic N) is 3.